The van der Waals surface area contributed by atoms with Crippen molar-refractivity contribution in [1.82, 2.24) is 0 Å². The third kappa shape index (κ3) is 2.45. The van der Waals surface area contributed by atoms with Gasteiger partial charge in [0.25, 0.3) is 0 Å². The van der Waals surface area contributed by atoms with E-state index in [9.17, 15) is 5.11 Å². The Bertz CT molecular complexity index is 324. The molecule has 3 fully saturated rings. The highest BCUT2D eigenvalue weighted by Crippen LogP contribution is 2.48. The van der Waals surface area contributed by atoms with Crippen LogP contribution in [-0.4, -0.2) is 36.1 Å². The Kier molecular flexibility index (Phi) is 3.65. The van der Waals surface area contributed by atoms with Crippen LogP contribution in [0.3, 0.4) is 0 Å². The van der Waals surface area contributed by atoms with Crippen molar-refractivity contribution in [2.24, 2.45) is 17.8 Å². The highest BCUT2D eigenvalue weighted by atomic mass is 16.6. The molecule has 0 bridgehead atoms. The molecule has 1 spiro atoms. The quantitative estimate of drug-likeness (QED) is 0.795. The summed E-state index contributed by atoms with van der Waals surface area (Å²) in [5, 5.41) is 11.2. The zero-order chi connectivity index (χ0) is 13.5. The fourth-order valence-electron chi connectivity index (χ4n) is 4.57. The van der Waals surface area contributed by atoms with Crippen molar-refractivity contribution < 1.29 is 14.6 Å². The molecule has 1 saturated carbocycles. The van der Waals surface area contributed by atoms with Gasteiger partial charge < -0.3 is 14.6 Å². The first-order valence-corrected chi connectivity index (χ1v) is 7.98. The van der Waals surface area contributed by atoms with Gasteiger partial charge in [-0.2, -0.15) is 0 Å². The molecule has 0 aromatic heterocycles. The highest BCUT2D eigenvalue weighted by molar-refractivity contribution is 5.01. The third-order valence-electron chi connectivity index (χ3n) is 5.91. The number of hydrogen-bond donors (Lipinski definition) is 1. The molecule has 2 heterocycles. The summed E-state index contributed by atoms with van der Waals surface area (Å²) in [6, 6.07) is 0. The van der Waals surface area contributed by atoms with Gasteiger partial charge in [-0.15, -0.1) is 0 Å². The molecule has 3 nitrogen and oxygen atoms in total. The van der Waals surface area contributed by atoms with Gasteiger partial charge in [-0.05, 0) is 49.9 Å². The van der Waals surface area contributed by atoms with Crippen molar-refractivity contribution in [3.63, 3.8) is 0 Å². The second kappa shape index (κ2) is 5.01. The summed E-state index contributed by atoms with van der Waals surface area (Å²) in [5.41, 5.74) is -0.548. The first kappa shape index (κ1) is 13.8. The molecule has 0 aromatic rings. The van der Waals surface area contributed by atoms with Crippen LogP contribution in [0.25, 0.3) is 0 Å². The molecule has 3 aliphatic rings. The largest absolute Gasteiger partial charge is 0.389 e. The minimum Gasteiger partial charge on any atom is -0.389 e. The molecule has 0 radical (unpaired) electrons. The Morgan fingerprint density at radius 2 is 1.95 bits per heavy atom. The SMILES string of the molecule is CC1CCC(O)(C2CCOC3(CCOC3)C2)C(C)C1. The van der Waals surface area contributed by atoms with Gasteiger partial charge in [0.05, 0.1) is 17.8 Å². The van der Waals surface area contributed by atoms with E-state index < -0.39 is 5.60 Å². The minimum atomic E-state index is -0.466. The van der Waals surface area contributed by atoms with E-state index in [1.807, 2.05) is 0 Å². The van der Waals surface area contributed by atoms with Gasteiger partial charge in [0.2, 0.25) is 0 Å². The van der Waals surface area contributed by atoms with Crippen LogP contribution in [0.5, 0.6) is 0 Å². The molecule has 0 amide bonds. The smallest absolute Gasteiger partial charge is 0.0940 e. The summed E-state index contributed by atoms with van der Waals surface area (Å²) in [4.78, 5) is 0. The molecule has 1 N–H and O–H groups in total. The molecule has 2 aliphatic heterocycles. The van der Waals surface area contributed by atoms with Crippen LogP contribution in [-0.2, 0) is 9.47 Å². The lowest BCUT2D eigenvalue weighted by atomic mass is 9.63. The lowest BCUT2D eigenvalue weighted by Crippen LogP contribution is -2.53. The summed E-state index contributed by atoms with van der Waals surface area (Å²) < 4.78 is 11.6. The monoisotopic (exact) mass is 268 g/mol. The molecule has 1 aliphatic carbocycles. The lowest BCUT2D eigenvalue weighted by molar-refractivity contribution is -0.170. The van der Waals surface area contributed by atoms with Gasteiger partial charge in [-0.25, -0.2) is 0 Å². The van der Waals surface area contributed by atoms with E-state index in [4.69, 9.17) is 9.47 Å². The molecule has 0 aromatic carbocycles. The van der Waals surface area contributed by atoms with Crippen LogP contribution < -0.4 is 0 Å². The number of rotatable bonds is 1. The minimum absolute atomic E-state index is 0.0819. The predicted octanol–water partition coefficient (Wildman–Crippen LogP) is 2.76. The van der Waals surface area contributed by atoms with E-state index in [0.29, 0.717) is 11.8 Å². The van der Waals surface area contributed by atoms with Crippen LogP contribution in [0, 0.1) is 17.8 Å². The maximum absolute atomic E-state index is 11.2. The average Bonchev–Trinajstić information content (AvgIpc) is 2.82. The maximum Gasteiger partial charge on any atom is 0.0940 e. The maximum atomic E-state index is 11.2. The Balaban J connectivity index is 1.73. The van der Waals surface area contributed by atoms with Crippen molar-refractivity contribution in [2.75, 3.05) is 19.8 Å². The van der Waals surface area contributed by atoms with Crippen molar-refractivity contribution in [3.8, 4) is 0 Å². The Morgan fingerprint density at radius 3 is 2.63 bits per heavy atom. The summed E-state index contributed by atoms with van der Waals surface area (Å²) in [5.74, 6) is 1.57. The third-order valence-corrected chi connectivity index (χ3v) is 5.91. The van der Waals surface area contributed by atoms with E-state index >= 15 is 0 Å². The molecule has 110 valence electrons. The second-order valence-electron chi connectivity index (χ2n) is 7.30. The lowest BCUT2D eigenvalue weighted by Gasteiger charge is -2.50. The van der Waals surface area contributed by atoms with Crippen molar-refractivity contribution >= 4 is 0 Å². The Morgan fingerprint density at radius 1 is 1.11 bits per heavy atom. The van der Waals surface area contributed by atoms with E-state index in [0.717, 1.165) is 57.8 Å². The Hall–Kier alpha value is -0.120. The predicted molar refractivity (Wildman–Crippen MR) is 74.0 cm³/mol. The van der Waals surface area contributed by atoms with Gasteiger partial charge in [-0.3, -0.25) is 0 Å². The summed E-state index contributed by atoms with van der Waals surface area (Å²) in [6.45, 7) is 6.88. The zero-order valence-electron chi connectivity index (χ0n) is 12.4. The molecule has 5 atom stereocenters. The first-order valence-electron chi connectivity index (χ1n) is 7.98. The number of ether oxygens (including phenoxy) is 2. The first-order chi connectivity index (χ1) is 9.04. The van der Waals surface area contributed by atoms with Crippen LogP contribution >= 0.6 is 0 Å². The van der Waals surface area contributed by atoms with E-state index in [2.05, 4.69) is 13.8 Å². The molecule has 3 rings (SSSR count). The van der Waals surface area contributed by atoms with Gasteiger partial charge in [0, 0.05) is 19.6 Å². The van der Waals surface area contributed by atoms with E-state index in [-0.39, 0.29) is 5.60 Å². The van der Waals surface area contributed by atoms with Crippen molar-refractivity contribution in [1.29, 1.82) is 0 Å². The van der Waals surface area contributed by atoms with Crippen LogP contribution in [0.4, 0.5) is 0 Å². The standard InChI is InChI=1S/C16H28O3/c1-12-3-5-16(17,13(2)9-12)14-4-7-19-15(10-14)6-8-18-11-15/h12-14,17H,3-11H2,1-2H3. The van der Waals surface area contributed by atoms with E-state index in [1.165, 1.54) is 6.42 Å². The van der Waals surface area contributed by atoms with Crippen LogP contribution in [0.2, 0.25) is 0 Å². The fraction of sp³-hybridized carbons (Fsp3) is 1.00. The van der Waals surface area contributed by atoms with Gasteiger partial charge in [0.1, 0.15) is 0 Å². The topological polar surface area (TPSA) is 38.7 Å². The molecule has 3 heteroatoms. The Labute approximate surface area is 116 Å². The zero-order valence-corrected chi connectivity index (χ0v) is 12.4. The van der Waals surface area contributed by atoms with Crippen LogP contribution in [0.1, 0.15) is 52.4 Å². The van der Waals surface area contributed by atoms with Crippen LogP contribution in [0.15, 0.2) is 0 Å². The average molecular weight is 268 g/mol. The molecule has 19 heavy (non-hydrogen) atoms. The van der Waals surface area contributed by atoms with Gasteiger partial charge >= 0.3 is 0 Å². The molecular formula is C16H28O3. The van der Waals surface area contributed by atoms with E-state index in [1.54, 1.807) is 0 Å². The highest BCUT2D eigenvalue weighted by Gasteiger charge is 2.50. The molecular weight excluding hydrogens is 240 g/mol. The summed E-state index contributed by atoms with van der Waals surface area (Å²) in [6.07, 6.45) is 6.31. The normalized spacial score (nSPS) is 51.6. The summed E-state index contributed by atoms with van der Waals surface area (Å²) in [7, 11) is 0. The van der Waals surface area contributed by atoms with Gasteiger partial charge in [0.15, 0.2) is 0 Å². The molecule has 5 unspecified atom stereocenters. The second-order valence-corrected chi connectivity index (χ2v) is 7.30. The fourth-order valence-corrected chi connectivity index (χ4v) is 4.57. The number of aliphatic hydroxyl groups is 1. The molecule has 2 saturated heterocycles. The number of hydrogen-bond acceptors (Lipinski definition) is 3. The summed E-state index contributed by atoms with van der Waals surface area (Å²) >= 11 is 0. The van der Waals surface area contributed by atoms with Gasteiger partial charge in [-0.1, -0.05) is 13.8 Å². The van der Waals surface area contributed by atoms with Crippen molar-refractivity contribution in [2.45, 2.75) is 63.6 Å². The van der Waals surface area contributed by atoms with Crippen molar-refractivity contribution in [3.05, 3.63) is 0 Å².